The third-order valence-corrected chi connectivity index (χ3v) is 4.39. The van der Waals surface area contributed by atoms with E-state index in [-0.39, 0.29) is 5.82 Å². The number of hydrogen-bond acceptors (Lipinski definition) is 4. The number of methoxy groups -OCH3 is 1. The molecule has 0 saturated carbocycles. The van der Waals surface area contributed by atoms with Gasteiger partial charge < -0.3 is 10.1 Å². The van der Waals surface area contributed by atoms with Crippen molar-refractivity contribution < 1.29 is 9.13 Å². The Hall–Kier alpha value is -1.66. The summed E-state index contributed by atoms with van der Waals surface area (Å²) < 4.78 is 20.1. The molecule has 0 amide bonds. The lowest BCUT2D eigenvalue weighted by atomic mass is 10.3. The molecular weight excluding hydrogens is 343 g/mol. The quantitative estimate of drug-likeness (QED) is 0.723. The van der Waals surface area contributed by atoms with Crippen LogP contribution in [0.1, 0.15) is 0 Å². The first-order valence-electron chi connectivity index (χ1n) is 5.82. The van der Waals surface area contributed by atoms with Gasteiger partial charge in [-0.25, -0.2) is 9.37 Å². The van der Waals surface area contributed by atoms with E-state index in [1.54, 1.807) is 13.2 Å². The maximum atomic E-state index is 13.2. The normalized spacial score (nSPS) is 10.8. The lowest BCUT2D eigenvalue weighted by molar-refractivity contribution is 0.415. The highest BCUT2D eigenvalue weighted by molar-refractivity contribution is 9.10. The van der Waals surface area contributed by atoms with Crippen LogP contribution in [-0.2, 0) is 0 Å². The van der Waals surface area contributed by atoms with Crippen molar-refractivity contribution >= 4 is 48.3 Å². The number of nitrogens with one attached hydrogen (secondary N) is 1. The van der Waals surface area contributed by atoms with Gasteiger partial charge in [0.05, 0.1) is 23.0 Å². The Balaban J connectivity index is 1.96. The molecule has 1 N–H and O–H groups in total. The SMILES string of the molecule is COc1ccc(Br)c(Nc2nc3ccc(F)cc3s2)c1. The number of aromatic nitrogens is 1. The molecule has 102 valence electrons. The molecule has 0 saturated heterocycles. The van der Waals surface area contributed by atoms with Crippen LogP contribution in [0.4, 0.5) is 15.2 Å². The molecule has 0 fully saturated rings. The van der Waals surface area contributed by atoms with Crippen LogP contribution in [0.3, 0.4) is 0 Å². The number of benzene rings is 2. The second-order valence-corrected chi connectivity index (χ2v) is 5.99. The molecule has 6 heteroatoms. The Bertz CT molecular complexity index is 775. The predicted octanol–water partition coefficient (Wildman–Crippen LogP) is 4.95. The minimum absolute atomic E-state index is 0.254. The smallest absolute Gasteiger partial charge is 0.188 e. The van der Waals surface area contributed by atoms with Gasteiger partial charge in [0, 0.05) is 10.5 Å². The molecule has 1 aromatic heterocycles. The molecule has 3 rings (SSSR count). The summed E-state index contributed by atoms with van der Waals surface area (Å²) in [5, 5.41) is 3.92. The largest absolute Gasteiger partial charge is 0.497 e. The van der Waals surface area contributed by atoms with Crippen LogP contribution in [0, 0.1) is 5.82 Å². The van der Waals surface area contributed by atoms with Gasteiger partial charge in [-0.2, -0.15) is 0 Å². The molecule has 0 bridgehead atoms. The number of ether oxygens (including phenoxy) is 1. The van der Waals surface area contributed by atoms with Gasteiger partial charge in [-0.05, 0) is 46.3 Å². The van der Waals surface area contributed by atoms with Crippen molar-refractivity contribution in [2.24, 2.45) is 0 Å². The van der Waals surface area contributed by atoms with Gasteiger partial charge in [-0.3, -0.25) is 0 Å². The molecule has 0 spiro atoms. The molecule has 0 aliphatic carbocycles. The minimum Gasteiger partial charge on any atom is -0.497 e. The summed E-state index contributed by atoms with van der Waals surface area (Å²) >= 11 is 4.88. The second-order valence-electron chi connectivity index (χ2n) is 4.10. The summed E-state index contributed by atoms with van der Waals surface area (Å²) in [4.78, 5) is 4.42. The van der Waals surface area contributed by atoms with E-state index in [1.807, 2.05) is 18.2 Å². The average molecular weight is 353 g/mol. The molecule has 20 heavy (non-hydrogen) atoms. The average Bonchev–Trinajstić information content (AvgIpc) is 2.82. The minimum atomic E-state index is -0.254. The topological polar surface area (TPSA) is 34.1 Å². The highest BCUT2D eigenvalue weighted by atomic mass is 79.9. The number of fused-ring (bicyclic) bond motifs is 1. The zero-order valence-electron chi connectivity index (χ0n) is 10.5. The highest BCUT2D eigenvalue weighted by Crippen LogP contribution is 2.33. The summed E-state index contributed by atoms with van der Waals surface area (Å²) in [6, 6.07) is 10.2. The number of anilines is 2. The monoisotopic (exact) mass is 352 g/mol. The Kier molecular flexibility index (Phi) is 3.58. The Morgan fingerprint density at radius 3 is 2.90 bits per heavy atom. The van der Waals surface area contributed by atoms with Crippen LogP contribution in [0.5, 0.6) is 5.75 Å². The van der Waals surface area contributed by atoms with Crippen LogP contribution in [0.25, 0.3) is 10.2 Å². The van der Waals surface area contributed by atoms with Crippen LogP contribution in [0.15, 0.2) is 40.9 Å². The first kappa shape index (κ1) is 13.3. The number of hydrogen-bond donors (Lipinski definition) is 1. The van der Waals surface area contributed by atoms with E-state index in [9.17, 15) is 4.39 Å². The lowest BCUT2D eigenvalue weighted by Gasteiger charge is -2.07. The molecular formula is C14H10BrFN2OS. The first-order valence-corrected chi connectivity index (χ1v) is 7.43. The maximum absolute atomic E-state index is 13.2. The number of halogens is 2. The zero-order chi connectivity index (χ0) is 14.1. The summed E-state index contributed by atoms with van der Waals surface area (Å²) in [5.74, 6) is 0.498. The molecule has 3 aromatic rings. The van der Waals surface area contributed by atoms with E-state index in [4.69, 9.17) is 4.74 Å². The van der Waals surface area contributed by atoms with Gasteiger partial charge >= 0.3 is 0 Å². The summed E-state index contributed by atoms with van der Waals surface area (Å²) in [5.41, 5.74) is 1.63. The van der Waals surface area contributed by atoms with E-state index in [1.165, 1.54) is 23.5 Å². The van der Waals surface area contributed by atoms with Crippen molar-refractivity contribution in [3.8, 4) is 5.75 Å². The zero-order valence-corrected chi connectivity index (χ0v) is 12.9. The third-order valence-electron chi connectivity index (χ3n) is 2.77. The Labute approximate surface area is 127 Å². The van der Waals surface area contributed by atoms with E-state index < -0.39 is 0 Å². The molecule has 3 nitrogen and oxygen atoms in total. The summed E-state index contributed by atoms with van der Waals surface area (Å²) in [6.45, 7) is 0. The van der Waals surface area contributed by atoms with E-state index in [2.05, 4.69) is 26.2 Å². The molecule has 0 radical (unpaired) electrons. The number of nitrogens with zero attached hydrogens (tertiary/aromatic N) is 1. The van der Waals surface area contributed by atoms with Crippen molar-refractivity contribution in [1.82, 2.24) is 4.98 Å². The van der Waals surface area contributed by atoms with Crippen LogP contribution >= 0.6 is 27.3 Å². The van der Waals surface area contributed by atoms with Crippen LogP contribution in [0.2, 0.25) is 0 Å². The van der Waals surface area contributed by atoms with Crippen molar-refractivity contribution in [3.05, 3.63) is 46.7 Å². The van der Waals surface area contributed by atoms with Gasteiger partial charge in [0.1, 0.15) is 11.6 Å². The molecule has 2 aromatic carbocycles. The standard InChI is InChI=1S/C14H10BrFN2OS/c1-19-9-3-4-10(15)12(7-9)18-14-17-11-5-2-8(16)6-13(11)20-14/h2-7H,1H3,(H,17,18). The van der Waals surface area contributed by atoms with Crippen LogP contribution < -0.4 is 10.1 Å². The fraction of sp³-hybridized carbons (Fsp3) is 0.0714. The van der Waals surface area contributed by atoms with Gasteiger partial charge in [-0.1, -0.05) is 11.3 Å². The lowest BCUT2D eigenvalue weighted by Crippen LogP contribution is -1.92. The molecule has 0 aliphatic rings. The Morgan fingerprint density at radius 2 is 2.10 bits per heavy atom. The summed E-state index contributed by atoms with van der Waals surface area (Å²) in [7, 11) is 1.62. The fourth-order valence-electron chi connectivity index (χ4n) is 1.79. The fourth-order valence-corrected chi connectivity index (χ4v) is 3.04. The molecule has 1 heterocycles. The molecule has 0 unspecified atom stereocenters. The van der Waals surface area contributed by atoms with E-state index in [0.29, 0.717) is 5.13 Å². The van der Waals surface area contributed by atoms with Crippen molar-refractivity contribution in [3.63, 3.8) is 0 Å². The number of thiazole rings is 1. The van der Waals surface area contributed by atoms with Gasteiger partial charge in [0.2, 0.25) is 0 Å². The third kappa shape index (κ3) is 2.62. The maximum Gasteiger partial charge on any atom is 0.188 e. The van der Waals surface area contributed by atoms with Gasteiger partial charge in [0.15, 0.2) is 5.13 Å². The second kappa shape index (κ2) is 5.38. The molecule has 0 aliphatic heterocycles. The number of rotatable bonds is 3. The summed E-state index contributed by atoms with van der Waals surface area (Å²) in [6.07, 6.45) is 0. The molecule has 0 atom stereocenters. The van der Waals surface area contributed by atoms with E-state index in [0.717, 1.165) is 26.1 Å². The Morgan fingerprint density at radius 1 is 1.25 bits per heavy atom. The highest BCUT2D eigenvalue weighted by Gasteiger charge is 2.08. The van der Waals surface area contributed by atoms with Crippen molar-refractivity contribution in [2.45, 2.75) is 0 Å². The van der Waals surface area contributed by atoms with E-state index >= 15 is 0 Å². The van der Waals surface area contributed by atoms with Crippen molar-refractivity contribution in [1.29, 1.82) is 0 Å². The van der Waals surface area contributed by atoms with Crippen LogP contribution in [-0.4, -0.2) is 12.1 Å². The van der Waals surface area contributed by atoms with Gasteiger partial charge in [0.25, 0.3) is 0 Å². The predicted molar refractivity (Wildman–Crippen MR) is 83.6 cm³/mol. The first-order chi connectivity index (χ1) is 9.65. The van der Waals surface area contributed by atoms with Gasteiger partial charge in [-0.15, -0.1) is 0 Å². The van der Waals surface area contributed by atoms with Crippen molar-refractivity contribution in [2.75, 3.05) is 12.4 Å².